The number of nitrogens with one attached hydrogen (secondary N) is 1. The number of piperazine rings is 1. The second-order valence-corrected chi connectivity index (χ2v) is 10.7. The minimum absolute atomic E-state index is 0.0665. The summed E-state index contributed by atoms with van der Waals surface area (Å²) in [6, 6.07) is 8.58. The van der Waals surface area contributed by atoms with E-state index in [1.54, 1.807) is 0 Å². The number of hydrogen-bond donors (Lipinski definition) is 1. The van der Waals surface area contributed by atoms with Crippen LogP contribution >= 0.6 is 0 Å². The highest BCUT2D eigenvalue weighted by molar-refractivity contribution is 5.82. The Morgan fingerprint density at radius 1 is 1.08 bits per heavy atom. The third-order valence-corrected chi connectivity index (χ3v) is 8.42. The smallest absolute Gasteiger partial charge is 0.253 e. The maximum Gasteiger partial charge on any atom is 0.253 e. The molecule has 3 aliphatic rings. The van der Waals surface area contributed by atoms with Gasteiger partial charge in [-0.25, -0.2) is 4.68 Å². The van der Waals surface area contributed by atoms with Gasteiger partial charge < -0.3 is 9.72 Å². The molecule has 2 atom stereocenters. The van der Waals surface area contributed by atoms with E-state index in [-0.39, 0.29) is 17.7 Å². The van der Waals surface area contributed by atoms with Gasteiger partial charge in [0.15, 0.2) is 5.82 Å². The summed E-state index contributed by atoms with van der Waals surface area (Å²) >= 11 is 0. The Kier molecular flexibility index (Phi) is 6.86. The van der Waals surface area contributed by atoms with Gasteiger partial charge >= 0.3 is 0 Å². The van der Waals surface area contributed by atoms with Crippen molar-refractivity contribution in [2.24, 2.45) is 0 Å². The molecule has 1 saturated carbocycles. The number of fused-ring (bicyclic) bond motifs is 1. The zero-order chi connectivity index (χ0) is 24.5. The van der Waals surface area contributed by atoms with E-state index >= 15 is 0 Å². The predicted molar refractivity (Wildman–Crippen MR) is 138 cm³/mol. The van der Waals surface area contributed by atoms with Crippen LogP contribution in [0.1, 0.15) is 67.9 Å². The third kappa shape index (κ3) is 4.71. The van der Waals surface area contributed by atoms with Gasteiger partial charge in [0.25, 0.3) is 5.56 Å². The molecule has 192 valence electrons. The summed E-state index contributed by atoms with van der Waals surface area (Å²) in [4.78, 5) is 21.8. The number of aromatic nitrogens is 5. The number of rotatable bonds is 6. The molecule has 1 aromatic carbocycles. The number of hydrogen-bond acceptors (Lipinski definition) is 7. The van der Waals surface area contributed by atoms with Crippen molar-refractivity contribution in [2.45, 2.75) is 76.6 Å². The van der Waals surface area contributed by atoms with Crippen LogP contribution in [0.5, 0.6) is 0 Å². The Balaban J connectivity index is 1.34. The summed E-state index contributed by atoms with van der Waals surface area (Å²) in [7, 11) is 0. The number of pyridine rings is 1. The van der Waals surface area contributed by atoms with E-state index in [1.807, 2.05) is 29.8 Å². The van der Waals surface area contributed by atoms with E-state index in [9.17, 15) is 4.79 Å². The second kappa shape index (κ2) is 10.4. The Bertz CT molecular complexity index is 1230. The van der Waals surface area contributed by atoms with E-state index in [1.165, 1.54) is 32.1 Å². The molecule has 6 rings (SSSR count). The molecule has 3 fully saturated rings. The first kappa shape index (κ1) is 23.8. The Labute approximate surface area is 211 Å². The summed E-state index contributed by atoms with van der Waals surface area (Å²) in [6.45, 7) is 7.24. The molecule has 3 aromatic rings. The lowest BCUT2D eigenvalue weighted by molar-refractivity contribution is 0.0593. The molecule has 2 aromatic heterocycles. The average molecular weight is 492 g/mol. The fraction of sp³-hybridized carbons (Fsp3) is 0.630. The number of ether oxygens (including phenoxy) is 1. The van der Waals surface area contributed by atoms with Crippen LogP contribution in [0.25, 0.3) is 10.9 Å². The van der Waals surface area contributed by atoms with Gasteiger partial charge in [0.1, 0.15) is 6.04 Å². The number of H-pyrrole nitrogens is 1. The van der Waals surface area contributed by atoms with E-state index < -0.39 is 0 Å². The normalized spacial score (nSPS) is 23.4. The van der Waals surface area contributed by atoms with E-state index in [2.05, 4.69) is 36.4 Å². The minimum Gasteiger partial charge on any atom is -0.376 e. The zero-order valence-corrected chi connectivity index (χ0v) is 21.2. The second-order valence-electron chi connectivity index (χ2n) is 10.7. The lowest BCUT2D eigenvalue weighted by atomic mass is 9.93. The number of aryl methyl sites for hydroxylation is 1. The van der Waals surface area contributed by atoms with Gasteiger partial charge in [-0.3, -0.25) is 14.6 Å². The van der Waals surface area contributed by atoms with E-state index in [0.717, 1.165) is 67.9 Å². The van der Waals surface area contributed by atoms with Crippen molar-refractivity contribution in [1.29, 1.82) is 0 Å². The van der Waals surface area contributed by atoms with Gasteiger partial charge in [-0.05, 0) is 60.0 Å². The summed E-state index contributed by atoms with van der Waals surface area (Å²) in [5.41, 5.74) is 2.61. The van der Waals surface area contributed by atoms with Crippen LogP contribution < -0.4 is 5.56 Å². The van der Waals surface area contributed by atoms with Gasteiger partial charge in [-0.15, -0.1) is 5.10 Å². The van der Waals surface area contributed by atoms with Gasteiger partial charge in [0, 0.05) is 44.4 Å². The summed E-state index contributed by atoms with van der Waals surface area (Å²) in [6.07, 6.45) is 8.89. The fourth-order valence-corrected chi connectivity index (χ4v) is 6.43. The molecular weight excluding hydrogens is 454 g/mol. The van der Waals surface area contributed by atoms with Crippen LogP contribution in [-0.4, -0.2) is 79.9 Å². The molecule has 4 heterocycles. The minimum atomic E-state index is -0.302. The molecule has 0 amide bonds. The lowest BCUT2D eigenvalue weighted by Crippen LogP contribution is -2.52. The van der Waals surface area contributed by atoms with Crippen molar-refractivity contribution >= 4 is 10.9 Å². The van der Waals surface area contributed by atoms with Crippen LogP contribution in [-0.2, 0) is 11.3 Å². The molecule has 2 aliphatic heterocycles. The van der Waals surface area contributed by atoms with E-state index in [4.69, 9.17) is 4.74 Å². The van der Waals surface area contributed by atoms with Crippen LogP contribution in [0.3, 0.4) is 0 Å². The number of benzene rings is 1. The molecular formula is C27H37N7O2. The molecule has 2 saturated heterocycles. The molecule has 0 spiro atoms. The fourth-order valence-electron chi connectivity index (χ4n) is 6.43. The van der Waals surface area contributed by atoms with Gasteiger partial charge in [-0.2, -0.15) is 0 Å². The highest BCUT2D eigenvalue weighted by atomic mass is 16.5. The molecule has 0 unspecified atom stereocenters. The number of tetrazole rings is 1. The Hall–Kier alpha value is -2.62. The monoisotopic (exact) mass is 491 g/mol. The highest BCUT2D eigenvalue weighted by Crippen LogP contribution is 2.30. The van der Waals surface area contributed by atoms with Crippen molar-refractivity contribution in [2.75, 3.05) is 32.8 Å². The Morgan fingerprint density at radius 3 is 2.69 bits per heavy atom. The first-order valence-electron chi connectivity index (χ1n) is 13.7. The SMILES string of the molecule is Cc1cccc2cc([C@H](c3nnnn3C[C@@H]3CCCO3)N3CCN(C4CCCCC4)CC3)c(=O)[nH]c12. The van der Waals surface area contributed by atoms with Crippen molar-refractivity contribution < 1.29 is 4.74 Å². The molecule has 9 nitrogen and oxygen atoms in total. The van der Waals surface area contributed by atoms with Crippen LogP contribution in [0.15, 0.2) is 29.1 Å². The molecule has 1 aliphatic carbocycles. The van der Waals surface area contributed by atoms with Crippen molar-refractivity contribution in [1.82, 2.24) is 35.0 Å². The Morgan fingerprint density at radius 2 is 1.92 bits per heavy atom. The molecule has 36 heavy (non-hydrogen) atoms. The van der Waals surface area contributed by atoms with Gasteiger partial charge in [0.05, 0.1) is 18.2 Å². The van der Waals surface area contributed by atoms with Crippen LogP contribution in [0.4, 0.5) is 0 Å². The molecule has 1 N–H and O–H groups in total. The number of para-hydroxylation sites is 1. The summed E-state index contributed by atoms with van der Waals surface area (Å²) < 4.78 is 7.75. The standard InChI is InChI=1S/C27H37N7O2/c1-19-7-5-8-20-17-23(27(35)28-24(19)20)25(26-29-30-31-34(26)18-22-11-6-16-36-22)33-14-12-32(13-15-33)21-9-3-2-4-10-21/h5,7-8,17,21-22,25H,2-4,6,9-16,18H2,1H3,(H,28,35)/t22-,25+/m0/s1. The van der Waals surface area contributed by atoms with Crippen LogP contribution in [0.2, 0.25) is 0 Å². The molecule has 0 radical (unpaired) electrons. The first-order chi connectivity index (χ1) is 17.7. The highest BCUT2D eigenvalue weighted by Gasteiger charge is 2.35. The largest absolute Gasteiger partial charge is 0.376 e. The van der Waals surface area contributed by atoms with Crippen molar-refractivity contribution in [3.05, 3.63) is 51.6 Å². The average Bonchev–Trinajstić information content (AvgIpc) is 3.59. The van der Waals surface area contributed by atoms with E-state index in [0.29, 0.717) is 18.2 Å². The summed E-state index contributed by atoms with van der Waals surface area (Å²) in [5, 5.41) is 13.9. The molecule has 9 heteroatoms. The van der Waals surface area contributed by atoms with Gasteiger partial charge in [0.2, 0.25) is 0 Å². The van der Waals surface area contributed by atoms with Crippen LogP contribution in [0, 0.1) is 6.92 Å². The maximum absolute atomic E-state index is 13.5. The van der Waals surface area contributed by atoms with Crippen molar-refractivity contribution in [3.63, 3.8) is 0 Å². The summed E-state index contributed by atoms with van der Waals surface area (Å²) in [5.74, 6) is 0.731. The number of nitrogens with zero attached hydrogens (tertiary/aromatic N) is 6. The van der Waals surface area contributed by atoms with Crippen molar-refractivity contribution in [3.8, 4) is 0 Å². The lowest BCUT2D eigenvalue weighted by Gasteiger charge is -2.43. The number of aromatic amines is 1. The zero-order valence-electron chi connectivity index (χ0n) is 21.2. The topological polar surface area (TPSA) is 92.2 Å². The maximum atomic E-state index is 13.5. The van der Waals surface area contributed by atoms with Gasteiger partial charge in [-0.1, -0.05) is 37.5 Å². The third-order valence-electron chi connectivity index (χ3n) is 8.42. The quantitative estimate of drug-likeness (QED) is 0.567. The predicted octanol–water partition coefficient (Wildman–Crippen LogP) is 3.04. The molecule has 0 bridgehead atoms. The first-order valence-corrected chi connectivity index (χ1v) is 13.7.